The molecule has 5 heteroatoms. The van der Waals surface area contributed by atoms with Gasteiger partial charge in [-0.15, -0.1) is 0 Å². The monoisotopic (exact) mass is 309 g/mol. The van der Waals surface area contributed by atoms with Crippen molar-refractivity contribution >= 4 is 5.91 Å². The van der Waals surface area contributed by atoms with E-state index in [0.717, 1.165) is 25.9 Å². The second-order valence-electron chi connectivity index (χ2n) is 5.50. The fourth-order valence-corrected chi connectivity index (χ4v) is 2.43. The topological polar surface area (TPSA) is 47.6 Å². The van der Waals surface area contributed by atoms with Crippen LogP contribution in [0.15, 0.2) is 24.3 Å². The molecule has 1 atom stereocenters. The minimum Gasteiger partial charge on any atom is -0.379 e. The van der Waals surface area contributed by atoms with Crippen LogP contribution in [0.5, 0.6) is 0 Å². The van der Waals surface area contributed by atoms with Gasteiger partial charge in [0, 0.05) is 26.2 Å². The minimum atomic E-state index is -0.252. The van der Waals surface area contributed by atoms with Crippen LogP contribution in [0.3, 0.4) is 0 Å². The summed E-state index contributed by atoms with van der Waals surface area (Å²) < 4.78 is 24.4. The smallest absolute Gasteiger partial charge is 0.220 e. The number of hydrogen-bond donors (Lipinski definition) is 1. The molecule has 2 rings (SSSR count). The molecular formula is C17H24FNO3. The zero-order valence-electron chi connectivity index (χ0n) is 12.9. The molecule has 1 fully saturated rings. The lowest BCUT2D eigenvalue weighted by molar-refractivity contribution is -0.121. The van der Waals surface area contributed by atoms with Crippen LogP contribution in [0.1, 0.15) is 31.2 Å². The molecule has 1 saturated heterocycles. The summed E-state index contributed by atoms with van der Waals surface area (Å²) in [5.41, 5.74) is 0.581. The van der Waals surface area contributed by atoms with E-state index in [1.807, 2.05) is 0 Å². The highest BCUT2D eigenvalue weighted by Gasteiger charge is 2.14. The zero-order valence-corrected chi connectivity index (χ0v) is 12.9. The molecule has 1 unspecified atom stereocenters. The number of halogens is 1. The molecule has 1 N–H and O–H groups in total. The fourth-order valence-electron chi connectivity index (χ4n) is 2.43. The predicted octanol–water partition coefficient (Wildman–Crippen LogP) is 2.46. The van der Waals surface area contributed by atoms with Crippen molar-refractivity contribution < 1.29 is 18.7 Å². The van der Waals surface area contributed by atoms with E-state index < -0.39 is 0 Å². The van der Waals surface area contributed by atoms with Gasteiger partial charge in [0.15, 0.2) is 0 Å². The summed E-state index contributed by atoms with van der Waals surface area (Å²) in [5, 5.41) is 2.83. The first-order chi connectivity index (χ1) is 10.8. The van der Waals surface area contributed by atoms with Gasteiger partial charge in [-0.05, 0) is 37.3 Å². The third-order valence-electron chi connectivity index (χ3n) is 3.69. The van der Waals surface area contributed by atoms with Crippen LogP contribution in [0.4, 0.5) is 4.39 Å². The van der Waals surface area contributed by atoms with E-state index in [4.69, 9.17) is 9.47 Å². The van der Waals surface area contributed by atoms with Gasteiger partial charge in [-0.1, -0.05) is 18.2 Å². The molecule has 1 aliphatic rings. The summed E-state index contributed by atoms with van der Waals surface area (Å²) in [6, 6.07) is 6.55. The van der Waals surface area contributed by atoms with E-state index in [-0.39, 0.29) is 17.8 Å². The number of benzene rings is 1. The number of amides is 1. The average molecular weight is 309 g/mol. The van der Waals surface area contributed by atoms with Crippen molar-refractivity contribution in [2.45, 2.75) is 38.2 Å². The molecule has 1 aromatic carbocycles. The number of carbonyl (C=O) groups excluding carboxylic acids is 1. The first-order valence-corrected chi connectivity index (χ1v) is 7.95. The summed E-state index contributed by atoms with van der Waals surface area (Å²) in [6.45, 7) is 2.68. The SMILES string of the molecule is O=C(CCc1ccccc1F)NCCCOCC1CCCO1. The second-order valence-corrected chi connectivity index (χ2v) is 5.50. The van der Waals surface area contributed by atoms with Gasteiger partial charge in [0.25, 0.3) is 0 Å². The van der Waals surface area contributed by atoms with Gasteiger partial charge in [0.2, 0.25) is 5.91 Å². The Morgan fingerprint density at radius 3 is 3.05 bits per heavy atom. The molecule has 1 amide bonds. The van der Waals surface area contributed by atoms with Crippen molar-refractivity contribution in [2.75, 3.05) is 26.4 Å². The predicted molar refractivity (Wildman–Crippen MR) is 82.1 cm³/mol. The summed E-state index contributed by atoms with van der Waals surface area (Å²) in [6.07, 6.45) is 3.94. The van der Waals surface area contributed by atoms with Crippen molar-refractivity contribution in [1.29, 1.82) is 0 Å². The Bertz CT molecular complexity index is 461. The molecule has 0 radical (unpaired) electrons. The third kappa shape index (κ3) is 6.12. The van der Waals surface area contributed by atoms with Gasteiger partial charge in [0.05, 0.1) is 12.7 Å². The Morgan fingerprint density at radius 2 is 2.27 bits per heavy atom. The standard InChI is InChI=1S/C17H24FNO3/c18-16-7-2-1-5-14(16)8-9-17(20)19-10-4-11-21-13-15-6-3-12-22-15/h1-2,5,7,15H,3-4,6,8-13H2,(H,19,20). The van der Waals surface area contributed by atoms with E-state index in [1.54, 1.807) is 18.2 Å². The van der Waals surface area contributed by atoms with Crippen LogP contribution >= 0.6 is 0 Å². The van der Waals surface area contributed by atoms with Gasteiger partial charge >= 0.3 is 0 Å². The van der Waals surface area contributed by atoms with Gasteiger partial charge < -0.3 is 14.8 Å². The summed E-state index contributed by atoms with van der Waals surface area (Å²) in [4.78, 5) is 11.7. The van der Waals surface area contributed by atoms with E-state index in [2.05, 4.69) is 5.32 Å². The lowest BCUT2D eigenvalue weighted by Crippen LogP contribution is -2.26. The van der Waals surface area contributed by atoms with E-state index >= 15 is 0 Å². The number of ether oxygens (including phenoxy) is 2. The average Bonchev–Trinajstić information content (AvgIpc) is 3.03. The van der Waals surface area contributed by atoms with Gasteiger partial charge in [-0.25, -0.2) is 4.39 Å². The van der Waals surface area contributed by atoms with Crippen LogP contribution < -0.4 is 5.32 Å². The summed E-state index contributed by atoms with van der Waals surface area (Å²) in [5.74, 6) is -0.305. The van der Waals surface area contributed by atoms with Crippen molar-refractivity contribution in [3.8, 4) is 0 Å². The van der Waals surface area contributed by atoms with Gasteiger partial charge in [0.1, 0.15) is 5.82 Å². The lowest BCUT2D eigenvalue weighted by Gasteiger charge is -2.10. The number of carbonyl (C=O) groups is 1. The maximum absolute atomic E-state index is 13.4. The molecule has 0 saturated carbocycles. The lowest BCUT2D eigenvalue weighted by atomic mass is 10.1. The first kappa shape index (κ1) is 16.9. The van der Waals surface area contributed by atoms with E-state index in [9.17, 15) is 9.18 Å². The van der Waals surface area contributed by atoms with Crippen molar-refractivity contribution in [1.82, 2.24) is 5.32 Å². The first-order valence-electron chi connectivity index (χ1n) is 7.95. The number of hydrogen-bond acceptors (Lipinski definition) is 3. The highest BCUT2D eigenvalue weighted by atomic mass is 19.1. The Morgan fingerprint density at radius 1 is 1.41 bits per heavy atom. The summed E-state index contributed by atoms with van der Waals surface area (Å²) in [7, 11) is 0. The fraction of sp³-hybridized carbons (Fsp3) is 0.588. The normalized spacial score (nSPS) is 17.6. The molecule has 0 bridgehead atoms. The maximum Gasteiger partial charge on any atom is 0.220 e. The number of aryl methyl sites for hydroxylation is 1. The van der Waals surface area contributed by atoms with Crippen molar-refractivity contribution in [3.63, 3.8) is 0 Å². The second kappa shape index (κ2) is 9.54. The van der Waals surface area contributed by atoms with Gasteiger partial charge in [-0.3, -0.25) is 4.79 Å². The maximum atomic E-state index is 13.4. The highest BCUT2D eigenvalue weighted by Crippen LogP contribution is 2.12. The van der Waals surface area contributed by atoms with Crippen molar-refractivity contribution in [2.24, 2.45) is 0 Å². The Balaban J connectivity index is 1.48. The molecule has 22 heavy (non-hydrogen) atoms. The molecular weight excluding hydrogens is 285 g/mol. The molecule has 122 valence electrons. The molecule has 1 aliphatic heterocycles. The summed E-state index contributed by atoms with van der Waals surface area (Å²) >= 11 is 0. The van der Waals surface area contributed by atoms with Crippen LogP contribution in [0.25, 0.3) is 0 Å². The Labute approximate surface area is 131 Å². The van der Waals surface area contributed by atoms with E-state index in [1.165, 1.54) is 6.07 Å². The van der Waals surface area contributed by atoms with E-state index in [0.29, 0.717) is 38.2 Å². The number of nitrogens with one attached hydrogen (secondary N) is 1. The Hall–Kier alpha value is -1.46. The van der Waals surface area contributed by atoms with Crippen LogP contribution in [0.2, 0.25) is 0 Å². The largest absolute Gasteiger partial charge is 0.379 e. The minimum absolute atomic E-state index is 0.0534. The highest BCUT2D eigenvalue weighted by molar-refractivity contribution is 5.76. The molecule has 0 aromatic heterocycles. The molecule has 0 aliphatic carbocycles. The number of rotatable bonds is 9. The molecule has 1 heterocycles. The third-order valence-corrected chi connectivity index (χ3v) is 3.69. The molecule has 1 aromatic rings. The molecule has 0 spiro atoms. The molecule has 4 nitrogen and oxygen atoms in total. The quantitative estimate of drug-likeness (QED) is 0.713. The van der Waals surface area contributed by atoms with Crippen LogP contribution in [-0.2, 0) is 20.7 Å². The van der Waals surface area contributed by atoms with Gasteiger partial charge in [-0.2, -0.15) is 0 Å². The Kier molecular flexibility index (Phi) is 7.33. The van der Waals surface area contributed by atoms with Crippen molar-refractivity contribution in [3.05, 3.63) is 35.6 Å². The van der Waals surface area contributed by atoms with Crippen LogP contribution in [0, 0.1) is 5.82 Å². The van der Waals surface area contributed by atoms with Crippen LogP contribution in [-0.4, -0.2) is 38.4 Å². The zero-order chi connectivity index (χ0) is 15.6.